The first-order chi connectivity index (χ1) is 10.0. The molecule has 0 spiro atoms. The smallest absolute Gasteiger partial charge is 0.301 e. The van der Waals surface area contributed by atoms with Gasteiger partial charge in [0, 0.05) is 18.7 Å². The lowest BCUT2D eigenvalue weighted by atomic mass is 10.2. The highest BCUT2D eigenvalue weighted by molar-refractivity contribution is 7.90. The van der Waals surface area contributed by atoms with Gasteiger partial charge in [0.2, 0.25) is 0 Å². The summed E-state index contributed by atoms with van der Waals surface area (Å²) in [6.07, 6.45) is 0. The summed E-state index contributed by atoms with van der Waals surface area (Å²) in [6, 6.07) is 4.74. The fraction of sp³-hybridized carbons (Fsp3) is 0.385. The van der Waals surface area contributed by atoms with Crippen molar-refractivity contribution in [1.29, 1.82) is 0 Å². The lowest BCUT2D eigenvalue weighted by molar-refractivity contribution is 0.0733. The molecule has 114 valence electrons. The van der Waals surface area contributed by atoms with E-state index in [1.165, 1.54) is 10.4 Å². The Morgan fingerprint density at radius 3 is 2.76 bits per heavy atom. The van der Waals surface area contributed by atoms with E-state index < -0.39 is 10.2 Å². The topological polar surface area (TPSA) is 78.9 Å². The number of halogens is 1. The zero-order valence-electron chi connectivity index (χ0n) is 11.2. The van der Waals surface area contributed by atoms with E-state index >= 15 is 0 Å². The molecule has 0 atom stereocenters. The second-order valence-corrected chi connectivity index (χ2v) is 6.35. The third kappa shape index (κ3) is 4.33. The van der Waals surface area contributed by atoms with E-state index in [4.69, 9.17) is 21.4 Å². The van der Waals surface area contributed by atoms with Crippen molar-refractivity contribution >= 4 is 27.5 Å². The molecule has 0 saturated carbocycles. The Hall–Kier alpha value is -1.30. The summed E-state index contributed by atoms with van der Waals surface area (Å²) >= 11 is 6.01. The van der Waals surface area contributed by atoms with Crippen LogP contribution in [0.3, 0.4) is 0 Å². The number of nitrogens with one attached hydrogen (secondary N) is 1. The van der Waals surface area contributed by atoms with Gasteiger partial charge in [0.1, 0.15) is 6.61 Å². The van der Waals surface area contributed by atoms with Gasteiger partial charge in [0.05, 0.1) is 23.9 Å². The van der Waals surface area contributed by atoms with E-state index in [-0.39, 0.29) is 17.3 Å². The van der Waals surface area contributed by atoms with E-state index in [1.807, 2.05) is 0 Å². The second-order valence-electron chi connectivity index (χ2n) is 4.27. The summed E-state index contributed by atoms with van der Waals surface area (Å²) < 4.78 is 33.4. The molecule has 0 amide bonds. The Balaban J connectivity index is 2.21. The number of nitrogens with zero attached hydrogens (tertiary/aromatic N) is 1. The predicted octanol–water partition coefficient (Wildman–Crippen LogP) is 0.673. The van der Waals surface area contributed by atoms with Crippen molar-refractivity contribution in [3.63, 3.8) is 0 Å². The maximum Gasteiger partial charge on any atom is 0.301 e. The third-order valence-corrected chi connectivity index (χ3v) is 4.68. The fourth-order valence-electron chi connectivity index (χ4n) is 1.81. The minimum Gasteiger partial charge on any atom is -0.384 e. The van der Waals surface area contributed by atoms with Gasteiger partial charge in [-0.25, -0.2) is 0 Å². The molecule has 0 bridgehead atoms. The van der Waals surface area contributed by atoms with Crippen LogP contribution in [0, 0.1) is 11.8 Å². The molecule has 8 heteroatoms. The maximum absolute atomic E-state index is 12.3. The largest absolute Gasteiger partial charge is 0.384 e. The second kappa shape index (κ2) is 7.11. The molecule has 0 aliphatic carbocycles. The molecule has 1 aromatic carbocycles. The van der Waals surface area contributed by atoms with Gasteiger partial charge in [-0.2, -0.15) is 12.7 Å². The van der Waals surface area contributed by atoms with Crippen molar-refractivity contribution in [3.8, 4) is 11.8 Å². The normalized spacial score (nSPS) is 16.1. The monoisotopic (exact) mass is 330 g/mol. The summed E-state index contributed by atoms with van der Waals surface area (Å²) in [6.45, 7) is 1.08. The number of hydrogen-bond donors (Lipinski definition) is 2. The molecule has 1 aliphatic heterocycles. The Morgan fingerprint density at radius 2 is 2.10 bits per heavy atom. The molecule has 1 aromatic rings. The lowest BCUT2D eigenvalue weighted by Crippen LogP contribution is -2.43. The van der Waals surface area contributed by atoms with Crippen LogP contribution >= 0.6 is 11.6 Å². The summed E-state index contributed by atoms with van der Waals surface area (Å²) in [5.41, 5.74) is 0.820. The number of aliphatic hydroxyl groups excluding tert-OH is 1. The molecule has 21 heavy (non-hydrogen) atoms. The van der Waals surface area contributed by atoms with Gasteiger partial charge >= 0.3 is 10.2 Å². The zero-order chi connectivity index (χ0) is 15.3. The van der Waals surface area contributed by atoms with E-state index in [1.54, 1.807) is 12.1 Å². The Bertz CT molecular complexity index is 660. The fourth-order valence-corrected chi connectivity index (χ4v) is 3.24. The minimum atomic E-state index is -3.67. The van der Waals surface area contributed by atoms with E-state index in [2.05, 4.69) is 16.6 Å². The minimum absolute atomic E-state index is 0.257. The van der Waals surface area contributed by atoms with Gasteiger partial charge in [-0.15, -0.1) is 0 Å². The summed E-state index contributed by atoms with van der Waals surface area (Å²) in [7, 11) is -3.67. The first-order valence-electron chi connectivity index (χ1n) is 6.28. The molecule has 0 radical (unpaired) electrons. The number of aliphatic hydroxyl groups is 1. The van der Waals surface area contributed by atoms with Crippen LogP contribution in [0.15, 0.2) is 18.2 Å². The number of morpholine rings is 1. The highest BCUT2D eigenvalue weighted by atomic mass is 35.5. The van der Waals surface area contributed by atoms with Crippen molar-refractivity contribution < 1.29 is 18.3 Å². The molecule has 0 aromatic heterocycles. The molecule has 1 heterocycles. The standard InChI is InChI=1S/C13H15ClN2O4S/c14-12-4-3-11(2-1-7-17)10-13(12)15-21(18,19)16-5-8-20-9-6-16/h3-4,10,15,17H,5-9H2. The van der Waals surface area contributed by atoms with Crippen LogP contribution in [-0.2, 0) is 14.9 Å². The van der Waals surface area contributed by atoms with Crippen LogP contribution in [-0.4, -0.2) is 50.7 Å². The number of benzene rings is 1. The van der Waals surface area contributed by atoms with Gasteiger partial charge < -0.3 is 9.84 Å². The highest BCUT2D eigenvalue weighted by Crippen LogP contribution is 2.24. The third-order valence-electron chi connectivity index (χ3n) is 2.83. The van der Waals surface area contributed by atoms with E-state index in [0.29, 0.717) is 31.9 Å². The van der Waals surface area contributed by atoms with Crippen molar-refractivity contribution in [3.05, 3.63) is 28.8 Å². The first kappa shape index (κ1) is 16.1. The molecular formula is C13H15ClN2O4S. The number of anilines is 1. The SMILES string of the molecule is O=S(=O)(Nc1cc(C#CCO)ccc1Cl)N1CCOCC1. The summed E-state index contributed by atoms with van der Waals surface area (Å²) in [4.78, 5) is 0. The van der Waals surface area contributed by atoms with Crippen LogP contribution in [0.1, 0.15) is 5.56 Å². The molecule has 1 saturated heterocycles. The van der Waals surface area contributed by atoms with Crippen molar-refractivity contribution in [2.75, 3.05) is 37.6 Å². The van der Waals surface area contributed by atoms with Gasteiger partial charge in [-0.1, -0.05) is 23.4 Å². The molecule has 2 rings (SSSR count). The van der Waals surface area contributed by atoms with Crippen LogP contribution < -0.4 is 4.72 Å². The maximum atomic E-state index is 12.3. The van der Waals surface area contributed by atoms with E-state index in [9.17, 15) is 8.42 Å². The van der Waals surface area contributed by atoms with Crippen molar-refractivity contribution in [2.24, 2.45) is 0 Å². The van der Waals surface area contributed by atoms with Crippen molar-refractivity contribution in [2.45, 2.75) is 0 Å². The molecular weight excluding hydrogens is 316 g/mol. The average molecular weight is 331 g/mol. The van der Waals surface area contributed by atoms with Crippen LogP contribution in [0.4, 0.5) is 5.69 Å². The molecule has 1 aliphatic rings. The molecule has 6 nitrogen and oxygen atoms in total. The predicted molar refractivity (Wildman–Crippen MR) is 80.4 cm³/mol. The summed E-state index contributed by atoms with van der Waals surface area (Å²) in [5.74, 6) is 5.20. The number of hydrogen-bond acceptors (Lipinski definition) is 4. The quantitative estimate of drug-likeness (QED) is 0.799. The van der Waals surface area contributed by atoms with Crippen molar-refractivity contribution in [1.82, 2.24) is 4.31 Å². The highest BCUT2D eigenvalue weighted by Gasteiger charge is 2.24. The summed E-state index contributed by atoms with van der Waals surface area (Å²) in [5, 5.41) is 8.96. The van der Waals surface area contributed by atoms with Gasteiger partial charge in [0.15, 0.2) is 0 Å². The van der Waals surface area contributed by atoms with Gasteiger partial charge in [-0.3, -0.25) is 4.72 Å². The molecule has 0 unspecified atom stereocenters. The molecule has 1 fully saturated rings. The first-order valence-corrected chi connectivity index (χ1v) is 8.09. The molecule has 2 N–H and O–H groups in total. The van der Waals surface area contributed by atoms with Crippen LogP contribution in [0.5, 0.6) is 0 Å². The number of ether oxygens (including phenoxy) is 1. The van der Waals surface area contributed by atoms with Gasteiger partial charge in [-0.05, 0) is 18.2 Å². The van der Waals surface area contributed by atoms with Crippen LogP contribution in [0.2, 0.25) is 5.02 Å². The average Bonchev–Trinajstić information content (AvgIpc) is 2.49. The van der Waals surface area contributed by atoms with E-state index in [0.717, 1.165) is 0 Å². The van der Waals surface area contributed by atoms with Gasteiger partial charge in [0.25, 0.3) is 0 Å². The Kier molecular flexibility index (Phi) is 5.45. The lowest BCUT2D eigenvalue weighted by Gasteiger charge is -2.26. The number of rotatable bonds is 3. The Labute approximate surface area is 128 Å². The van der Waals surface area contributed by atoms with Crippen LogP contribution in [0.25, 0.3) is 0 Å². The zero-order valence-corrected chi connectivity index (χ0v) is 12.7. The Morgan fingerprint density at radius 1 is 1.38 bits per heavy atom.